The third kappa shape index (κ3) is 5.32. The van der Waals surface area contributed by atoms with Gasteiger partial charge in [-0.2, -0.15) is 0 Å². The predicted octanol–water partition coefficient (Wildman–Crippen LogP) is 6.59. The van der Waals surface area contributed by atoms with Crippen LogP contribution in [0, 0.1) is 6.92 Å². The molecule has 0 bridgehead atoms. The molecule has 0 spiro atoms. The Labute approximate surface area is 197 Å². The summed E-state index contributed by atoms with van der Waals surface area (Å²) in [6, 6.07) is 24.8. The molecule has 7 heteroatoms. The van der Waals surface area contributed by atoms with Crippen molar-refractivity contribution in [3.05, 3.63) is 90.1 Å². The molecule has 34 heavy (non-hydrogen) atoms. The zero-order valence-corrected chi connectivity index (χ0v) is 19.2. The minimum absolute atomic E-state index is 0.109. The number of aryl methyl sites for hydroxylation is 1. The number of amides is 2. The number of carbonyl (C=O) groups excluding carboxylic acids is 2. The standard InChI is InChI=1S/C27H25N3O4/c1-17-25(29-27(32)33-18(2)20-7-5-4-6-8-20)26(34-30-17)23-11-9-21(10-12-23)22-13-15-24(16-14-22)28-19(3)31/h4-16,18H,1-3H3,(H,28,31)(H,29,32)/t18-/m1/s1. The van der Waals surface area contributed by atoms with E-state index in [2.05, 4.69) is 15.8 Å². The average molecular weight is 456 g/mol. The van der Waals surface area contributed by atoms with Gasteiger partial charge in [0, 0.05) is 18.2 Å². The topological polar surface area (TPSA) is 93.5 Å². The van der Waals surface area contributed by atoms with Crippen LogP contribution in [0.25, 0.3) is 22.5 Å². The Morgan fingerprint density at radius 3 is 2.06 bits per heavy atom. The molecule has 4 aromatic rings. The van der Waals surface area contributed by atoms with Gasteiger partial charge in [0.2, 0.25) is 5.91 Å². The third-order valence-corrected chi connectivity index (χ3v) is 5.33. The van der Waals surface area contributed by atoms with Crippen molar-refractivity contribution in [1.29, 1.82) is 0 Å². The van der Waals surface area contributed by atoms with Crippen molar-refractivity contribution >= 4 is 23.4 Å². The van der Waals surface area contributed by atoms with Gasteiger partial charge in [0.15, 0.2) is 5.76 Å². The zero-order valence-electron chi connectivity index (χ0n) is 19.2. The first kappa shape index (κ1) is 22.8. The van der Waals surface area contributed by atoms with Crippen molar-refractivity contribution in [1.82, 2.24) is 5.16 Å². The van der Waals surface area contributed by atoms with Crippen LogP contribution < -0.4 is 10.6 Å². The second-order valence-electron chi connectivity index (χ2n) is 7.89. The van der Waals surface area contributed by atoms with Gasteiger partial charge in [-0.1, -0.05) is 71.9 Å². The lowest BCUT2D eigenvalue weighted by atomic mass is 10.0. The monoisotopic (exact) mass is 455 g/mol. The van der Waals surface area contributed by atoms with Crippen LogP contribution in [-0.4, -0.2) is 17.2 Å². The van der Waals surface area contributed by atoms with Gasteiger partial charge in [-0.15, -0.1) is 0 Å². The van der Waals surface area contributed by atoms with Crippen LogP contribution in [0.5, 0.6) is 0 Å². The van der Waals surface area contributed by atoms with E-state index in [1.165, 1.54) is 6.92 Å². The summed E-state index contributed by atoms with van der Waals surface area (Å²) in [4.78, 5) is 23.7. The number of ether oxygens (including phenoxy) is 1. The number of benzene rings is 3. The van der Waals surface area contributed by atoms with E-state index in [0.29, 0.717) is 17.1 Å². The Kier molecular flexibility index (Phi) is 6.73. The molecule has 2 amide bonds. The van der Waals surface area contributed by atoms with Crippen LogP contribution in [-0.2, 0) is 9.53 Å². The summed E-state index contributed by atoms with van der Waals surface area (Å²) in [7, 11) is 0. The Morgan fingerprint density at radius 2 is 1.44 bits per heavy atom. The second kappa shape index (κ2) is 10.0. The number of nitrogens with zero attached hydrogens (tertiary/aromatic N) is 1. The van der Waals surface area contributed by atoms with E-state index >= 15 is 0 Å². The lowest BCUT2D eigenvalue weighted by Gasteiger charge is -2.14. The lowest BCUT2D eigenvalue weighted by Crippen LogP contribution is -2.16. The number of carbonyl (C=O) groups is 2. The highest BCUT2D eigenvalue weighted by Gasteiger charge is 2.20. The second-order valence-corrected chi connectivity index (χ2v) is 7.89. The summed E-state index contributed by atoms with van der Waals surface area (Å²) < 4.78 is 11.0. The highest BCUT2D eigenvalue weighted by molar-refractivity contribution is 5.91. The van der Waals surface area contributed by atoms with Crippen LogP contribution in [0.4, 0.5) is 16.2 Å². The van der Waals surface area contributed by atoms with Crippen molar-refractivity contribution in [2.24, 2.45) is 0 Å². The highest BCUT2D eigenvalue weighted by Crippen LogP contribution is 2.33. The largest absolute Gasteiger partial charge is 0.441 e. The molecular formula is C27H25N3O4. The van der Waals surface area contributed by atoms with E-state index in [4.69, 9.17) is 9.26 Å². The average Bonchev–Trinajstić information content (AvgIpc) is 3.19. The maximum atomic E-state index is 12.5. The Bertz CT molecular complexity index is 1280. The Morgan fingerprint density at radius 1 is 0.853 bits per heavy atom. The van der Waals surface area contributed by atoms with Gasteiger partial charge in [-0.3, -0.25) is 10.1 Å². The molecule has 1 heterocycles. The van der Waals surface area contributed by atoms with Gasteiger partial charge < -0.3 is 14.6 Å². The van der Waals surface area contributed by atoms with Crippen LogP contribution in [0.2, 0.25) is 0 Å². The lowest BCUT2D eigenvalue weighted by molar-refractivity contribution is -0.114. The Hall–Kier alpha value is -4.39. The summed E-state index contributed by atoms with van der Waals surface area (Å²) in [6.07, 6.45) is -0.985. The molecule has 172 valence electrons. The molecule has 1 aromatic heterocycles. The maximum Gasteiger partial charge on any atom is 0.412 e. The van der Waals surface area contributed by atoms with Crippen molar-refractivity contribution in [3.63, 3.8) is 0 Å². The van der Waals surface area contributed by atoms with Gasteiger partial charge in [-0.25, -0.2) is 4.79 Å². The van der Waals surface area contributed by atoms with Gasteiger partial charge in [0.1, 0.15) is 17.5 Å². The van der Waals surface area contributed by atoms with E-state index in [1.54, 1.807) is 6.92 Å². The van der Waals surface area contributed by atoms with E-state index in [0.717, 1.165) is 27.9 Å². The molecular weight excluding hydrogens is 430 g/mol. The molecule has 0 unspecified atom stereocenters. The van der Waals surface area contributed by atoms with E-state index in [1.807, 2.05) is 85.8 Å². The molecule has 0 radical (unpaired) electrons. The minimum Gasteiger partial charge on any atom is -0.441 e. The van der Waals surface area contributed by atoms with Crippen LogP contribution in [0.15, 0.2) is 83.4 Å². The van der Waals surface area contributed by atoms with Gasteiger partial charge in [0.25, 0.3) is 0 Å². The summed E-state index contributed by atoms with van der Waals surface area (Å²) in [5.74, 6) is 0.344. The SMILES string of the molecule is CC(=O)Nc1ccc(-c2ccc(-c3onc(C)c3NC(=O)O[C@H](C)c3ccccc3)cc2)cc1. The number of rotatable bonds is 6. The molecule has 0 fully saturated rings. The summed E-state index contributed by atoms with van der Waals surface area (Å²) in [5, 5.41) is 9.55. The number of anilines is 2. The molecule has 0 aliphatic rings. The first-order valence-electron chi connectivity index (χ1n) is 10.9. The third-order valence-electron chi connectivity index (χ3n) is 5.33. The van der Waals surface area contributed by atoms with Crippen molar-refractivity contribution in [3.8, 4) is 22.5 Å². The van der Waals surface area contributed by atoms with Gasteiger partial charge in [0.05, 0.1) is 0 Å². The molecule has 1 atom stereocenters. The van der Waals surface area contributed by atoms with Gasteiger partial charge in [-0.05, 0) is 42.7 Å². The normalized spacial score (nSPS) is 11.5. The number of hydrogen-bond acceptors (Lipinski definition) is 5. The maximum absolute atomic E-state index is 12.5. The smallest absolute Gasteiger partial charge is 0.412 e. The van der Waals surface area contributed by atoms with E-state index in [-0.39, 0.29) is 5.91 Å². The van der Waals surface area contributed by atoms with Crippen molar-refractivity contribution in [2.75, 3.05) is 10.6 Å². The van der Waals surface area contributed by atoms with Crippen molar-refractivity contribution < 1.29 is 18.8 Å². The molecule has 4 rings (SSSR count). The minimum atomic E-state index is -0.584. The van der Waals surface area contributed by atoms with E-state index < -0.39 is 12.2 Å². The Balaban J connectivity index is 1.48. The molecule has 3 aromatic carbocycles. The van der Waals surface area contributed by atoms with Gasteiger partial charge >= 0.3 is 6.09 Å². The quantitative estimate of drug-likeness (QED) is 0.342. The zero-order chi connectivity index (χ0) is 24.1. The fraction of sp³-hybridized carbons (Fsp3) is 0.148. The fourth-order valence-corrected chi connectivity index (χ4v) is 3.56. The molecule has 0 aliphatic carbocycles. The number of aromatic nitrogens is 1. The number of nitrogens with one attached hydrogen (secondary N) is 2. The van der Waals surface area contributed by atoms with Crippen LogP contribution >= 0.6 is 0 Å². The number of hydrogen-bond donors (Lipinski definition) is 2. The molecule has 7 nitrogen and oxygen atoms in total. The molecule has 2 N–H and O–H groups in total. The summed E-state index contributed by atoms with van der Waals surface area (Å²) in [5.41, 5.74) is 5.45. The summed E-state index contributed by atoms with van der Waals surface area (Å²) in [6.45, 7) is 5.05. The van der Waals surface area contributed by atoms with Crippen LogP contribution in [0.1, 0.15) is 31.2 Å². The van der Waals surface area contributed by atoms with Crippen LogP contribution in [0.3, 0.4) is 0 Å². The first-order valence-corrected chi connectivity index (χ1v) is 10.9. The fourth-order valence-electron chi connectivity index (χ4n) is 3.56. The first-order chi connectivity index (χ1) is 16.4. The molecule has 0 aliphatic heterocycles. The van der Waals surface area contributed by atoms with E-state index in [9.17, 15) is 9.59 Å². The molecule has 0 saturated heterocycles. The molecule has 0 saturated carbocycles. The van der Waals surface area contributed by atoms with Crippen molar-refractivity contribution in [2.45, 2.75) is 26.9 Å². The predicted molar refractivity (Wildman–Crippen MR) is 131 cm³/mol. The summed E-state index contributed by atoms with van der Waals surface area (Å²) >= 11 is 0. The highest BCUT2D eigenvalue weighted by atomic mass is 16.6.